The van der Waals surface area contributed by atoms with Crippen molar-refractivity contribution < 1.29 is 5.11 Å². The first-order valence-electron chi connectivity index (χ1n) is 8.64. The number of aromatic nitrogens is 1. The molecule has 0 spiro atoms. The average Bonchev–Trinajstić information content (AvgIpc) is 2.61. The van der Waals surface area contributed by atoms with Crippen molar-refractivity contribution in [1.29, 1.82) is 0 Å². The number of pyridine rings is 1. The van der Waals surface area contributed by atoms with Crippen LogP contribution in [0.3, 0.4) is 0 Å². The van der Waals surface area contributed by atoms with E-state index in [2.05, 4.69) is 22.5 Å². The summed E-state index contributed by atoms with van der Waals surface area (Å²) in [5, 5.41) is 12.2. The van der Waals surface area contributed by atoms with Crippen LogP contribution in [-0.2, 0) is 0 Å². The van der Waals surface area contributed by atoms with Gasteiger partial charge in [0.15, 0.2) is 0 Å². The number of fused-ring (bicyclic) bond motifs is 4. The van der Waals surface area contributed by atoms with Gasteiger partial charge in [0.1, 0.15) is 0 Å². The molecule has 3 aliphatic rings. The molecule has 5 rings (SSSR count). The van der Waals surface area contributed by atoms with Crippen molar-refractivity contribution >= 4 is 10.9 Å². The van der Waals surface area contributed by atoms with Gasteiger partial charge in [-0.1, -0.05) is 24.3 Å². The molecule has 2 aromatic rings. The summed E-state index contributed by atoms with van der Waals surface area (Å²) in [6.07, 6.45) is 6.89. The molecule has 4 unspecified atom stereocenters. The van der Waals surface area contributed by atoms with Gasteiger partial charge in [0.25, 0.3) is 0 Å². The van der Waals surface area contributed by atoms with Crippen LogP contribution in [-0.4, -0.2) is 34.1 Å². The molecule has 4 heterocycles. The Hall–Kier alpha value is -1.71. The van der Waals surface area contributed by atoms with Crippen LogP contribution in [0.2, 0.25) is 0 Å². The number of aliphatic hydroxyl groups excluding tert-OH is 1. The summed E-state index contributed by atoms with van der Waals surface area (Å²) in [6.45, 7) is 6.11. The van der Waals surface area contributed by atoms with E-state index in [1.165, 1.54) is 6.42 Å². The van der Waals surface area contributed by atoms with Gasteiger partial charge in [-0.2, -0.15) is 0 Å². The molecule has 0 aliphatic carbocycles. The highest BCUT2D eigenvalue weighted by Gasteiger charge is 2.42. The van der Waals surface area contributed by atoms with Crippen LogP contribution in [0.1, 0.15) is 30.9 Å². The number of benzene rings is 1. The smallest absolute Gasteiger partial charge is 0.0952 e. The fraction of sp³-hybridized carbons (Fsp3) is 0.450. The van der Waals surface area contributed by atoms with E-state index >= 15 is 0 Å². The van der Waals surface area contributed by atoms with Gasteiger partial charge in [-0.25, -0.2) is 0 Å². The topological polar surface area (TPSA) is 36.4 Å². The Morgan fingerprint density at radius 3 is 3.00 bits per heavy atom. The third kappa shape index (κ3) is 2.58. The summed E-state index contributed by atoms with van der Waals surface area (Å²) < 4.78 is 0. The standard InChI is InChI=1S/C20H24N2O/c1-2-5-15-13-22-11-9-14(15)12-19(22)20(23)17-8-10-21-18-7-4-3-6-16(17)18/h2-4,6-8,10,14-15,19-20,23H,1,5,9,11-13H2/t14?,15?,19?,20-/m1/s1. The molecule has 3 fully saturated rings. The van der Waals surface area contributed by atoms with Crippen molar-refractivity contribution in [2.24, 2.45) is 11.8 Å². The third-order valence-electron chi connectivity index (χ3n) is 5.77. The minimum Gasteiger partial charge on any atom is -0.387 e. The van der Waals surface area contributed by atoms with Gasteiger partial charge >= 0.3 is 0 Å². The van der Waals surface area contributed by atoms with Gasteiger partial charge in [-0.15, -0.1) is 6.58 Å². The number of aliphatic hydroxyl groups is 1. The molecule has 1 aromatic heterocycles. The lowest BCUT2D eigenvalue weighted by molar-refractivity contribution is -0.0546. The highest BCUT2D eigenvalue weighted by atomic mass is 16.3. The third-order valence-corrected chi connectivity index (χ3v) is 5.77. The Labute approximate surface area is 137 Å². The van der Waals surface area contributed by atoms with Crippen LogP contribution in [0.5, 0.6) is 0 Å². The first-order chi connectivity index (χ1) is 11.3. The maximum absolute atomic E-state index is 11.1. The van der Waals surface area contributed by atoms with E-state index < -0.39 is 6.10 Å². The van der Waals surface area contributed by atoms with Gasteiger partial charge in [0, 0.05) is 24.2 Å². The first-order valence-corrected chi connectivity index (χ1v) is 8.64. The Morgan fingerprint density at radius 2 is 2.22 bits per heavy atom. The summed E-state index contributed by atoms with van der Waals surface area (Å²) in [6, 6.07) is 10.3. The normalized spacial score (nSPS) is 31.2. The van der Waals surface area contributed by atoms with Gasteiger partial charge in [0.05, 0.1) is 11.6 Å². The largest absolute Gasteiger partial charge is 0.387 e. The van der Waals surface area contributed by atoms with E-state index in [1.807, 2.05) is 36.5 Å². The van der Waals surface area contributed by atoms with E-state index in [0.717, 1.165) is 54.2 Å². The van der Waals surface area contributed by atoms with Gasteiger partial charge in [-0.3, -0.25) is 9.88 Å². The van der Waals surface area contributed by atoms with Gasteiger partial charge in [-0.05, 0) is 55.3 Å². The zero-order valence-corrected chi connectivity index (χ0v) is 13.4. The summed E-state index contributed by atoms with van der Waals surface area (Å²) >= 11 is 0. The number of hydrogen-bond acceptors (Lipinski definition) is 3. The van der Waals surface area contributed by atoms with Crippen molar-refractivity contribution in [3.05, 3.63) is 54.7 Å². The van der Waals surface area contributed by atoms with Crippen LogP contribution in [0.25, 0.3) is 10.9 Å². The lowest BCUT2D eigenvalue weighted by Crippen LogP contribution is -2.55. The molecular weight excluding hydrogens is 284 g/mol. The summed E-state index contributed by atoms with van der Waals surface area (Å²) in [4.78, 5) is 6.91. The summed E-state index contributed by atoms with van der Waals surface area (Å²) in [5.74, 6) is 1.45. The second-order valence-electron chi connectivity index (χ2n) is 6.99. The predicted molar refractivity (Wildman–Crippen MR) is 93.1 cm³/mol. The van der Waals surface area contributed by atoms with Crippen LogP contribution >= 0.6 is 0 Å². The van der Waals surface area contributed by atoms with E-state index in [9.17, 15) is 5.11 Å². The molecule has 1 N–H and O–H groups in total. The number of nitrogens with zero attached hydrogens (tertiary/aromatic N) is 2. The van der Waals surface area contributed by atoms with Crippen LogP contribution in [0.15, 0.2) is 49.2 Å². The summed E-state index contributed by atoms with van der Waals surface area (Å²) in [7, 11) is 0. The zero-order valence-electron chi connectivity index (χ0n) is 13.4. The van der Waals surface area contributed by atoms with Gasteiger partial charge < -0.3 is 5.11 Å². The second kappa shape index (κ2) is 6.06. The highest BCUT2D eigenvalue weighted by molar-refractivity contribution is 5.82. The van der Waals surface area contributed by atoms with E-state index in [0.29, 0.717) is 0 Å². The maximum Gasteiger partial charge on any atom is 0.0952 e. The fourth-order valence-electron chi connectivity index (χ4n) is 4.57. The minimum atomic E-state index is -0.435. The van der Waals surface area contributed by atoms with Gasteiger partial charge in [0.2, 0.25) is 0 Å². The molecule has 3 aliphatic heterocycles. The van der Waals surface area contributed by atoms with Crippen molar-refractivity contribution in [2.45, 2.75) is 31.4 Å². The Kier molecular flexibility index (Phi) is 3.92. The Balaban J connectivity index is 1.62. The molecule has 1 aromatic carbocycles. The van der Waals surface area contributed by atoms with Crippen molar-refractivity contribution in [3.8, 4) is 0 Å². The molecule has 0 radical (unpaired) electrons. The molecular formula is C20H24N2O. The van der Waals surface area contributed by atoms with Crippen LogP contribution in [0, 0.1) is 11.8 Å². The highest BCUT2D eigenvalue weighted by Crippen LogP contribution is 2.42. The number of rotatable bonds is 4. The lowest BCUT2D eigenvalue weighted by Gasteiger charge is -2.51. The van der Waals surface area contributed by atoms with E-state index in [1.54, 1.807) is 0 Å². The minimum absolute atomic E-state index is 0.237. The number of para-hydroxylation sites is 1. The lowest BCUT2D eigenvalue weighted by atomic mass is 9.72. The van der Waals surface area contributed by atoms with Crippen LogP contribution < -0.4 is 0 Å². The van der Waals surface area contributed by atoms with E-state index in [-0.39, 0.29) is 6.04 Å². The number of piperidine rings is 3. The predicted octanol–water partition coefficient (Wildman–Crippen LogP) is 3.55. The molecule has 3 nitrogen and oxygen atoms in total. The SMILES string of the molecule is C=CCC1CN2CCC1CC2[C@H](O)c1ccnc2ccccc12. The monoisotopic (exact) mass is 308 g/mol. The van der Waals surface area contributed by atoms with Crippen molar-refractivity contribution in [1.82, 2.24) is 9.88 Å². The summed E-state index contributed by atoms with van der Waals surface area (Å²) in [5.41, 5.74) is 1.98. The number of hydrogen-bond donors (Lipinski definition) is 1. The molecule has 3 saturated heterocycles. The molecule has 23 heavy (non-hydrogen) atoms. The van der Waals surface area contributed by atoms with E-state index in [4.69, 9.17) is 0 Å². The maximum atomic E-state index is 11.1. The number of allylic oxidation sites excluding steroid dienone is 1. The molecule has 0 amide bonds. The molecule has 0 saturated carbocycles. The van der Waals surface area contributed by atoms with Crippen LogP contribution in [0.4, 0.5) is 0 Å². The van der Waals surface area contributed by atoms with Crippen molar-refractivity contribution in [2.75, 3.05) is 13.1 Å². The van der Waals surface area contributed by atoms with Crippen molar-refractivity contribution in [3.63, 3.8) is 0 Å². The Morgan fingerprint density at radius 1 is 1.35 bits per heavy atom. The quantitative estimate of drug-likeness (QED) is 0.878. The molecule has 2 bridgehead atoms. The molecule has 5 atom stereocenters. The molecule has 120 valence electrons. The zero-order chi connectivity index (χ0) is 15.8. The Bertz CT molecular complexity index is 708. The molecule has 3 heteroatoms. The average molecular weight is 308 g/mol. The fourth-order valence-corrected chi connectivity index (χ4v) is 4.57. The second-order valence-corrected chi connectivity index (χ2v) is 6.99. The first kappa shape index (κ1) is 14.9.